The molecule has 3 N–H and O–H groups in total. The average molecular weight is 425 g/mol. The first-order valence-electron chi connectivity index (χ1n) is 10.0. The van der Waals surface area contributed by atoms with Gasteiger partial charge in [-0.25, -0.2) is 15.0 Å². The fraction of sp³-hybridized carbons (Fsp3) is 0.381. The number of hydrogen-bond donors (Lipinski definition) is 2. The number of hydrogen-bond acceptors (Lipinski definition) is 6. The van der Waals surface area contributed by atoms with Crippen LogP contribution in [0.25, 0.3) is 32.5 Å². The summed E-state index contributed by atoms with van der Waals surface area (Å²) in [6, 6.07) is 5.32. The number of H-pyrrole nitrogens is 1. The quantitative estimate of drug-likeness (QED) is 0.489. The summed E-state index contributed by atoms with van der Waals surface area (Å²) in [6.45, 7) is 2.00. The standard InChI is InChI=1S/C21H21ClN6S/c1-10-26-16-5-4-14(18(22)20(16)29-10)15-8-25-21-19(15)24-9-17(27-21)28-12-2-3-13(28)7-11(23)6-12/h4-5,8-9,11-13H,2-3,6-7,23H2,1H3,(H,25,27). The minimum absolute atomic E-state index is 0.310. The molecule has 148 valence electrons. The second kappa shape index (κ2) is 6.39. The fourth-order valence-electron chi connectivity index (χ4n) is 5.09. The Labute approximate surface area is 177 Å². The molecule has 1 aromatic carbocycles. The first-order chi connectivity index (χ1) is 14.1. The van der Waals surface area contributed by atoms with Gasteiger partial charge in [-0.15, -0.1) is 11.3 Å². The van der Waals surface area contributed by atoms with Crippen LogP contribution in [0.1, 0.15) is 30.7 Å². The van der Waals surface area contributed by atoms with E-state index in [4.69, 9.17) is 27.3 Å². The maximum absolute atomic E-state index is 6.75. The number of benzene rings is 1. The van der Waals surface area contributed by atoms with Crippen LogP contribution in [0.2, 0.25) is 5.02 Å². The van der Waals surface area contributed by atoms with Crippen molar-refractivity contribution in [3.63, 3.8) is 0 Å². The summed E-state index contributed by atoms with van der Waals surface area (Å²) < 4.78 is 1.02. The normalized spacial score (nSPS) is 24.1. The van der Waals surface area contributed by atoms with E-state index in [9.17, 15) is 0 Å². The minimum Gasteiger partial charge on any atom is -0.349 e. The molecule has 0 aliphatic carbocycles. The highest BCUT2D eigenvalue weighted by Crippen LogP contribution is 2.41. The molecule has 0 saturated carbocycles. The Bertz CT molecular complexity index is 1230. The Kier molecular flexibility index (Phi) is 3.88. The predicted octanol–water partition coefficient (Wildman–Crippen LogP) is 4.65. The molecule has 8 heteroatoms. The number of nitrogens with zero attached hydrogens (tertiary/aromatic N) is 4. The number of halogens is 1. The number of aromatic nitrogens is 4. The van der Waals surface area contributed by atoms with Crippen molar-refractivity contribution in [1.82, 2.24) is 19.9 Å². The summed E-state index contributed by atoms with van der Waals surface area (Å²) in [5, 5.41) is 1.74. The molecule has 6 rings (SSSR count). The van der Waals surface area contributed by atoms with Crippen LogP contribution in [0.15, 0.2) is 24.5 Å². The smallest absolute Gasteiger partial charge is 0.159 e. The number of aryl methyl sites for hydroxylation is 1. The molecule has 2 atom stereocenters. The number of rotatable bonds is 2. The maximum Gasteiger partial charge on any atom is 0.159 e. The number of anilines is 1. The van der Waals surface area contributed by atoms with Crippen molar-refractivity contribution in [3.8, 4) is 11.1 Å². The lowest BCUT2D eigenvalue weighted by atomic mass is 9.98. The van der Waals surface area contributed by atoms with Gasteiger partial charge in [0.2, 0.25) is 0 Å². The Balaban J connectivity index is 1.42. The summed E-state index contributed by atoms with van der Waals surface area (Å²) in [6.07, 6.45) is 8.32. The number of nitrogens with one attached hydrogen (secondary N) is 1. The van der Waals surface area contributed by atoms with Crippen LogP contribution >= 0.6 is 22.9 Å². The van der Waals surface area contributed by atoms with Crippen LogP contribution in [-0.2, 0) is 0 Å². The molecule has 3 aromatic heterocycles. The molecule has 2 bridgehead atoms. The lowest BCUT2D eigenvalue weighted by Gasteiger charge is -2.38. The van der Waals surface area contributed by atoms with E-state index < -0.39 is 0 Å². The van der Waals surface area contributed by atoms with Crippen LogP contribution in [0.4, 0.5) is 5.82 Å². The molecule has 4 aromatic rings. The van der Waals surface area contributed by atoms with Crippen LogP contribution in [-0.4, -0.2) is 38.1 Å². The van der Waals surface area contributed by atoms with Gasteiger partial charge < -0.3 is 15.6 Å². The zero-order valence-corrected chi connectivity index (χ0v) is 17.6. The summed E-state index contributed by atoms with van der Waals surface area (Å²) in [4.78, 5) is 20.0. The van der Waals surface area contributed by atoms with Crippen molar-refractivity contribution in [2.24, 2.45) is 5.73 Å². The number of aromatic amines is 1. The monoisotopic (exact) mass is 424 g/mol. The number of fused-ring (bicyclic) bond motifs is 4. The molecule has 0 spiro atoms. The molecule has 2 fully saturated rings. The highest BCUT2D eigenvalue weighted by molar-refractivity contribution is 7.19. The molecular formula is C21H21ClN6S. The average Bonchev–Trinajstić information content (AvgIpc) is 3.36. The van der Waals surface area contributed by atoms with Gasteiger partial charge >= 0.3 is 0 Å². The lowest BCUT2D eigenvalue weighted by Crippen LogP contribution is -2.47. The largest absolute Gasteiger partial charge is 0.349 e. The van der Waals surface area contributed by atoms with Crippen molar-refractivity contribution in [1.29, 1.82) is 0 Å². The SMILES string of the molecule is Cc1nc2ccc(-c3c[nH]c4nc(N5C6CCC5CC(N)C6)cnc34)c(Cl)c2s1. The predicted molar refractivity (Wildman–Crippen MR) is 119 cm³/mol. The van der Waals surface area contributed by atoms with Crippen molar-refractivity contribution >= 4 is 50.1 Å². The Morgan fingerprint density at radius 3 is 2.76 bits per heavy atom. The van der Waals surface area contributed by atoms with E-state index in [2.05, 4.69) is 14.9 Å². The lowest BCUT2D eigenvalue weighted by molar-refractivity contribution is 0.412. The highest BCUT2D eigenvalue weighted by Gasteiger charge is 2.40. The molecule has 2 unspecified atom stereocenters. The van der Waals surface area contributed by atoms with Crippen LogP contribution < -0.4 is 10.6 Å². The second-order valence-corrected chi connectivity index (χ2v) is 9.74. The van der Waals surface area contributed by atoms with Crippen LogP contribution in [0.5, 0.6) is 0 Å². The number of thiazole rings is 1. The molecule has 2 aliphatic heterocycles. The highest BCUT2D eigenvalue weighted by atomic mass is 35.5. The van der Waals surface area contributed by atoms with E-state index in [0.29, 0.717) is 18.1 Å². The van der Waals surface area contributed by atoms with Gasteiger partial charge in [0.05, 0.1) is 26.4 Å². The second-order valence-electron chi connectivity index (χ2n) is 8.16. The summed E-state index contributed by atoms with van der Waals surface area (Å²) in [5.41, 5.74) is 10.7. The van der Waals surface area contributed by atoms with Crippen molar-refractivity contribution in [2.45, 2.75) is 50.7 Å². The molecule has 6 nitrogen and oxygen atoms in total. The third-order valence-corrected chi connectivity index (χ3v) is 7.81. The Morgan fingerprint density at radius 1 is 1.17 bits per heavy atom. The molecule has 0 radical (unpaired) electrons. The molecule has 2 saturated heterocycles. The van der Waals surface area contributed by atoms with Crippen molar-refractivity contribution in [2.75, 3.05) is 4.90 Å². The summed E-state index contributed by atoms with van der Waals surface area (Å²) >= 11 is 8.37. The van der Waals surface area contributed by atoms with Crippen molar-refractivity contribution < 1.29 is 0 Å². The fourth-order valence-corrected chi connectivity index (χ4v) is 6.32. The zero-order chi connectivity index (χ0) is 19.7. The number of nitrogens with two attached hydrogens (primary N) is 1. The topological polar surface area (TPSA) is 83.7 Å². The van der Waals surface area contributed by atoms with E-state index in [1.54, 1.807) is 11.3 Å². The van der Waals surface area contributed by atoms with Gasteiger partial charge in [-0.1, -0.05) is 17.7 Å². The summed E-state index contributed by atoms with van der Waals surface area (Å²) in [5.74, 6) is 0.949. The van der Waals surface area contributed by atoms with Gasteiger partial charge in [0.15, 0.2) is 5.65 Å². The molecule has 29 heavy (non-hydrogen) atoms. The maximum atomic E-state index is 6.75. The third-order valence-electron chi connectivity index (χ3n) is 6.30. The summed E-state index contributed by atoms with van der Waals surface area (Å²) in [7, 11) is 0. The first kappa shape index (κ1) is 17.6. The van der Waals surface area contributed by atoms with E-state index in [0.717, 1.165) is 61.2 Å². The number of piperidine rings is 1. The van der Waals surface area contributed by atoms with Crippen molar-refractivity contribution in [3.05, 3.63) is 34.6 Å². The molecule has 2 aliphatic rings. The zero-order valence-electron chi connectivity index (χ0n) is 16.0. The minimum atomic E-state index is 0.310. The molecule has 0 amide bonds. The van der Waals surface area contributed by atoms with Crippen LogP contribution in [0, 0.1) is 6.92 Å². The van der Waals surface area contributed by atoms with Gasteiger partial charge in [0.1, 0.15) is 11.3 Å². The third kappa shape index (κ3) is 2.68. The van der Waals surface area contributed by atoms with E-state index in [1.807, 2.05) is 31.5 Å². The van der Waals surface area contributed by atoms with E-state index in [-0.39, 0.29) is 0 Å². The first-order valence-corrected chi connectivity index (χ1v) is 11.2. The molecular weight excluding hydrogens is 404 g/mol. The molecule has 5 heterocycles. The van der Waals surface area contributed by atoms with Crippen LogP contribution in [0.3, 0.4) is 0 Å². The van der Waals surface area contributed by atoms with Gasteiger partial charge in [-0.2, -0.15) is 0 Å². The Hall–Kier alpha value is -2.22. The Morgan fingerprint density at radius 2 is 1.97 bits per heavy atom. The van der Waals surface area contributed by atoms with Gasteiger partial charge in [-0.05, 0) is 38.7 Å². The van der Waals surface area contributed by atoms with Gasteiger partial charge in [0, 0.05) is 35.4 Å². The van der Waals surface area contributed by atoms with Gasteiger partial charge in [0.25, 0.3) is 0 Å². The van der Waals surface area contributed by atoms with Gasteiger partial charge in [-0.3, -0.25) is 0 Å². The van der Waals surface area contributed by atoms with E-state index >= 15 is 0 Å². The van der Waals surface area contributed by atoms with E-state index in [1.165, 1.54) is 12.8 Å².